The summed E-state index contributed by atoms with van der Waals surface area (Å²) in [6.45, 7) is 0.438. The van der Waals surface area contributed by atoms with Crippen molar-refractivity contribution in [3.05, 3.63) is 75.7 Å². The van der Waals surface area contributed by atoms with E-state index in [1.54, 1.807) is 17.8 Å². The number of nitrogens with one attached hydrogen (secondary N) is 1. The van der Waals surface area contributed by atoms with Gasteiger partial charge in [-0.2, -0.15) is 0 Å². The molecule has 0 saturated heterocycles. The van der Waals surface area contributed by atoms with Gasteiger partial charge in [0.25, 0.3) is 5.56 Å². The molecule has 4 rings (SSSR count). The summed E-state index contributed by atoms with van der Waals surface area (Å²) in [6.07, 6.45) is 1.77. The zero-order valence-corrected chi connectivity index (χ0v) is 13.8. The number of hydrogen-bond donors (Lipinski definition) is 1. The molecule has 2 aromatic carbocycles. The Balaban J connectivity index is 1.79. The first-order valence-corrected chi connectivity index (χ1v) is 7.98. The number of H-pyrrole nitrogens is 1. The van der Waals surface area contributed by atoms with Gasteiger partial charge in [-0.05, 0) is 35.9 Å². The van der Waals surface area contributed by atoms with E-state index in [-0.39, 0.29) is 5.56 Å². The Kier molecular flexibility index (Phi) is 3.54. The lowest BCUT2D eigenvalue weighted by Gasteiger charge is -2.08. The molecule has 5 heteroatoms. The molecule has 4 nitrogen and oxygen atoms in total. The summed E-state index contributed by atoms with van der Waals surface area (Å²) < 4.78 is 7.57. The monoisotopic (exact) mass is 338 g/mol. The van der Waals surface area contributed by atoms with E-state index in [1.165, 1.54) is 0 Å². The molecule has 0 aliphatic heterocycles. The third-order valence-corrected chi connectivity index (χ3v) is 4.38. The van der Waals surface area contributed by atoms with Crippen molar-refractivity contribution >= 4 is 33.4 Å². The lowest BCUT2D eigenvalue weighted by atomic mass is 10.1. The number of halogens is 1. The van der Waals surface area contributed by atoms with Crippen LogP contribution in [0.2, 0.25) is 5.02 Å². The second-order valence-corrected chi connectivity index (χ2v) is 6.18. The molecule has 0 radical (unpaired) electrons. The van der Waals surface area contributed by atoms with Gasteiger partial charge in [0.2, 0.25) is 0 Å². The number of nitrogens with zero attached hydrogens (tertiary/aromatic N) is 1. The van der Waals surface area contributed by atoms with E-state index in [0.717, 1.165) is 27.6 Å². The topological polar surface area (TPSA) is 47.0 Å². The Bertz CT molecular complexity index is 1090. The minimum atomic E-state index is -0.0487. The zero-order chi connectivity index (χ0) is 16.7. The smallest absolute Gasteiger partial charge is 0.274 e. The minimum absolute atomic E-state index is 0.0487. The molecule has 0 fully saturated rings. The van der Waals surface area contributed by atoms with Gasteiger partial charge in [0.05, 0.1) is 5.52 Å². The molecule has 24 heavy (non-hydrogen) atoms. The predicted molar refractivity (Wildman–Crippen MR) is 96.8 cm³/mol. The maximum absolute atomic E-state index is 12.3. The predicted octanol–water partition coefficient (Wildman–Crippen LogP) is 4.25. The van der Waals surface area contributed by atoms with Crippen molar-refractivity contribution in [2.24, 2.45) is 7.05 Å². The van der Waals surface area contributed by atoms with Gasteiger partial charge in [-0.3, -0.25) is 4.79 Å². The molecule has 4 aromatic rings. The highest BCUT2D eigenvalue weighted by atomic mass is 35.5. The van der Waals surface area contributed by atoms with Crippen LogP contribution in [0.1, 0.15) is 5.56 Å². The van der Waals surface area contributed by atoms with Gasteiger partial charge < -0.3 is 14.3 Å². The number of aromatic nitrogens is 2. The molecular weight excluding hydrogens is 324 g/mol. The summed E-state index contributed by atoms with van der Waals surface area (Å²) in [5.41, 5.74) is 2.47. The van der Waals surface area contributed by atoms with Crippen LogP contribution in [0.25, 0.3) is 21.8 Å². The lowest BCUT2D eigenvalue weighted by molar-refractivity contribution is 0.310. The van der Waals surface area contributed by atoms with Gasteiger partial charge in [0.15, 0.2) is 0 Å². The first-order chi connectivity index (χ1) is 11.6. The Morgan fingerprint density at radius 1 is 1.12 bits per heavy atom. The Hall–Kier alpha value is -2.72. The van der Waals surface area contributed by atoms with Crippen molar-refractivity contribution in [3.8, 4) is 5.75 Å². The lowest BCUT2D eigenvalue weighted by Crippen LogP contribution is -2.15. The fourth-order valence-corrected chi connectivity index (χ4v) is 2.99. The summed E-state index contributed by atoms with van der Waals surface area (Å²) in [4.78, 5) is 15.5. The molecule has 0 spiro atoms. The van der Waals surface area contributed by atoms with E-state index in [0.29, 0.717) is 17.1 Å². The maximum Gasteiger partial charge on any atom is 0.274 e. The molecule has 0 atom stereocenters. The Labute approximate surface area is 143 Å². The third kappa shape index (κ3) is 2.45. The minimum Gasteiger partial charge on any atom is -0.488 e. The van der Waals surface area contributed by atoms with E-state index in [1.807, 2.05) is 48.5 Å². The average molecular weight is 339 g/mol. The molecule has 2 aromatic heterocycles. The van der Waals surface area contributed by atoms with Crippen LogP contribution in [0.4, 0.5) is 0 Å². The van der Waals surface area contributed by atoms with Gasteiger partial charge in [0.1, 0.15) is 17.9 Å². The van der Waals surface area contributed by atoms with Gasteiger partial charge >= 0.3 is 0 Å². The van der Waals surface area contributed by atoms with Crippen LogP contribution in [0, 0.1) is 0 Å². The van der Waals surface area contributed by atoms with Crippen LogP contribution in [-0.4, -0.2) is 9.55 Å². The first kappa shape index (κ1) is 14.8. The molecule has 0 saturated carbocycles. The van der Waals surface area contributed by atoms with Crippen molar-refractivity contribution in [3.63, 3.8) is 0 Å². The highest BCUT2D eigenvalue weighted by Crippen LogP contribution is 2.32. The van der Waals surface area contributed by atoms with Gasteiger partial charge in [-0.1, -0.05) is 29.8 Å². The molecule has 0 aliphatic rings. The van der Waals surface area contributed by atoms with Crippen LogP contribution in [0.15, 0.2) is 59.5 Å². The number of ether oxygens (including phenoxy) is 1. The molecule has 0 unspecified atom stereocenters. The number of benzene rings is 2. The third-order valence-electron chi connectivity index (χ3n) is 4.13. The van der Waals surface area contributed by atoms with E-state index in [9.17, 15) is 4.79 Å². The summed E-state index contributed by atoms with van der Waals surface area (Å²) in [5, 5.41) is 2.51. The molecule has 0 aliphatic carbocycles. The van der Waals surface area contributed by atoms with Crippen LogP contribution < -0.4 is 10.3 Å². The standard InChI is InChI=1S/C19H15ClN2O2/c1-22-10-9-14-17-15(21-18(14)19(22)23)3-2-4-16(17)24-11-12-5-7-13(20)8-6-12/h2-10,21H,11H2,1H3. The Morgan fingerprint density at radius 3 is 2.71 bits per heavy atom. The van der Waals surface area contributed by atoms with Crippen molar-refractivity contribution in [2.75, 3.05) is 0 Å². The Morgan fingerprint density at radius 2 is 1.92 bits per heavy atom. The van der Waals surface area contributed by atoms with E-state index >= 15 is 0 Å². The van der Waals surface area contributed by atoms with Gasteiger partial charge in [-0.25, -0.2) is 0 Å². The van der Waals surface area contributed by atoms with Crippen LogP contribution in [-0.2, 0) is 13.7 Å². The number of fused-ring (bicyclic) bond motifs is 3. The summed E-state index contributed by atoms with van der Waals surface area (Å²) >= 11 is 5.91. The van der Waals surface area contributed by atoms with Crippen molar-refractivity contribution in [1.29, 1.82) is 0 Å². The number of pyridine rings is 1. The van der Waals surface area contributed by atoms with Crippen molar-refractivity contribution < 1.29 is 4.74 Å². The molecular formula is C19H15ClN2O2. The quantitative estimate of drug-likeness (QED) is 0.607. The maximum atomic E-state index is 12.3. The van der Waals surface area contributed by atoms with Crippen LogP contribution in [0.3, 0.4) is 0 Å². The SMILES string of the molecule is Cn1ccc2c([nH]c3cccc(OCc4ccc(Cl)cc4)c32)c1=O. The molecule has 0 amide bonds. The van der Waals surface area contributed by atoms with Crippen LogP contribution in [0.5, 0.6) is 5.75 Å². The normalized spacial score (nSPS) is 11.2. The number of aromatic amines is 1. The highest BCUT2D eigenvalue weighted by molar-refractivity contribution is 6.30. The largest absolute Gasteiger partial charge is 0.488 e. The summed E-state index contributed by atoms with van der Waals surface area (Å²) in [7, 11) is 1.74. The molecule has 2 heterocycles. The zero-order valence-electron chi connectivity index (χ0n) is 13.0. The fraction of sp³-hybridized carbons (Fsp3) is 0.105. The average Bonchev–Trinajstić information content (AvgIpc) is 2.98. The number of rotatable bonds is 3. The molecule has 120 valence electrons. The highest BCUT2D eigenvalue weighted by Gasteiger charge is 2.12. The number of aryl methyl sites for hydroxylation is 1. The fourth-order valence-electron chi connectivity index (χ4n) is 2.87. The summed E-state index contributed by atoms with van der Waals surface area (Å²) in [5.74, 6) is 0.752. The number of hydrogen-bond acceptors (Lipinski definition) is 2. The molecule has 1 N–H and O–H groups in total. The summed E-state index contributed by atoms with van der Waals surface area (Å²) in [6, 6.07) is 15.3. The first-order valence-electron chi connectivity index (χ1n) is 7.61. The second-order valence-electron chi connectivity index (χ2n) is 5.74. The van der Waals surface area contributed by atoms with Crippen LogP contribution >= 0.6 is 11.6 Å². The van der Waals surface area contributed by atoms with Gasteiger partial charge in [-0.15, -0.1) is 0 Å². The van der Waals surface area contributed by atoms with Crippen molar-refractivity contribution in [1.82, 2.24) is 9.55 Å². The van der Waals surface area contributed by atoms with E-state index in [4.69, 9.17) is 16.3 Å². The van der Waals surface area contributed by atoms with E-state index < -0.39 is 0 Å². The van der Waals surface area contributed by atoms with Gasteiger partial charge in [0, 0.05) is 29.0 Å². The van der Waals surface area contributed by atoms with E-state index in [2.05, 4.69) is 4.98 Å². The van der Waals surface area contributed by atoms with Crippen molar-refractivity contribution in [2.45, 2.75) is 6.61 Å². The second kappa shape index (κ2) is 5.73. The molecule has 0 bridgehead atoms.